The van der Waals surface area contributed by atoms with Gasteiger partial charge in [0.2, 0.25) is 0 Å². The van der Waals surface area contributed by atoms with Crippen LogP contribution in [0.1, 0.15) is 11.3 Å². The van der Waals surface area contributed by atoms with Crippen molar-refractivity contribution in [1.29, 1.82) is 0 Å². The Morgan fingerprint density at radius 1 is 1.18 bits per heavy atom. The number of aromatic nitrogens is 1. The number of pyridine rings is 1. The number of benzene rings is 1. The van der Waals surface area contributed by atoms with Crippen LogP contribution in [-0.2, 0) is 13.2 Å². The summed E-state index contributed by atoms with van der Waals surface area (Å²) in [6.07, 6.45) is 1.79. The fraction of sp³-hybridized carbons (Fsp3) is 0.154. The number of nitrogens with one attached hydrogen (secondary N) is 1. The monoisotopic (exact) mass is 246 g/mol. The van der Waals surface area contributed by atoms with Gasteiger partial charge in [-0.15, -0.1) is 0 Å². The van der Waals surface area contributed by atoms with Crippen molar-refractivity contribution >= 4 is 11.9 Å². The zero-order valence-corrected chi connectivity index (χ0v) is 10.2. The standard InChI is InChI=1S/C13H14N2OS/c16-10-11-4-3-6-13(8-11)17-15-9-12-5-1-2-7-14-12/h1-8,15-16H,9-10H2. The smallest absolute Gasteiger partial charge is 0.0682 e. The Hall–Kier alpha value is -1.36. The Kier molecular flexibility index (Phi) is 4.55. The van der Waals surface area contributed by atoms with Gasteiger partial charge >= 0.3 is 0 Å². The molecule has 0 amide bonds. The Balaban J connectivity index is 1.86. The highest BCUT2D eigenvalue weighted by atomic mass is 32.2. The van der Waals surface area contributed by atoms with E-state index in [0.29, 0.717) is 0 Å². The Morgan fingerprint density at radius 3 is 2.88 bits per heavy atom. The molecule has 0 saturated carbocycles. The van der Waals surface area contributed by atoms with Gasteiger partial charge in [-0.05, 0) is 41.8 Å². The molecule has 3 nitrogen and oxygen atoms in total. The highest BCUT2D eigenvalue weighted by molar-refractivity contribution is 7.97. The lowest BCUT2D eigenvalue weighted by Gasteiger charge is -2.04. The summed E-state index contributed by atoms with van der Waals surface area (Å²) >= 11 is 1.54. The highest BCUT2D eigenvalue weighted by Crippen LogP contribution is 2.16. The Labute approximate surface area is 105 Å². The van der Waals surface area contributed by atoms with E-state index in [2.05, 4.69) is 9.71 Å². The molecular formula is C13H14N2OS. The molecule has 0 bridgehead atoms. The van der Waals surface area contributed by atoms with Gasteiger partial charge in [0.15, 0.2) is 0 Å². The van der Waals surface area contributed by atoms with Crippen molar-refractivity contribution in [1.82, 2.24) is 9.71 Å². The molecule has 0 aliphatic carbocycles. The normalized spacial score (nSPS) is 10.4. The lowest BCUT2D eigenvalue weighted by molar-refractivity contribution is 0.281. The summed E-state index contributed by atoms with van der Waals surface area (Å²) in [6, 6.07) is 13.7. The zero-order valence-electron chi connectivity index (χ0n) is 9.34. The van der Waals surface area contributed by atoms with Gasteiger partial charge in [-0.2, -0.15) is 0 Å². The molecule has 0 atom stereocenters. The second-order valence-electron chi connectivity index (χ2n) is 3.55. The average molecular weight is 246 g/mol. The van der Waals surface area contributed by atoms with Crippen molar-refractivity contribution in [2.75, 3.05) is 0 Å². The van der Waals surface area contributed by atoms with Crippen LogP contribution in [0.5, 0.6) is 0 Å². The van der Waals surface area contributed by atoms with Gasteiger partial charge in [-0.3, -0.25) is 9.71 Å². The summed E-state index contributed by atoms with van der Waals surface area (Å²) in [4.78, 5) is 5.32. The van der Waals surface area contributed by atoms with Crippen LogP contribution >= 0.6 is 11.9 Å². The SMILES string of the molecule is OCc1cccc(SNCc2ccccn2)c1. The predicted molar refractivity (Wildman–Crippen MR) is 69.3 cm³/mol. The van der Waals surface area contributed by atoms with Crippen molar-refractivity contribution in [3.8, 4) is 0 Å². The predicted octanol–water partition coefficient (Wildman–Crippen LogP) is 2.37. The van der Waals surface area contributed by atoms with E-state index in [4.69, 9.17) is 5.11 Å². The number of rotatable bonds is 5. The molecule has 2 N–H and O–H groups in total. The fourth-order valence-electron chi connectivity index (χ4n) is 1.40. The lowest BCUT2D eigenvalue weighted by atomic mass is 10.2. The van der Waals surface area contributed by atoms with E-state index in [1.165, 1.54) is 0 Å². The first-order valence-electron chi connectivity index (χ1n) is 5.38. The first kappa shape index (κ1) is 12.1. The van der Waals surface area contributed by atoms with E-state index in [-0.39, 0.29) is 6.61 Å². The molecule has 0 fully saturated rings. The number of aliphatic hydroxyl groups is 1. The van der Waals surface area contributed by atoms with Gasteiger partial charge in [0.25, 0.3) is 0 Å². The average Bonchev–Trinajstić information content (AvgIpc) is 2.40. The fourth-order valence-corrected chi connectivity index (χ4v) is 2.15. The van der Waals surface area contributed by atoms with Crippen LogP contribution in [0.15, 0.2) is 53.6 Å². The molecule has 0 aliphatic rings. The van der Waals surface area contributed by atoms with Gasteiger partial charge in [-0.1, -0.05) is 18.2 Å². The highest BCUT2D eigenvalue weighted by Gasteiger charge is 1.97. The molecule has 0 spiro atoms. The third kappa shape index (κ3) is 3.85. The molecule has 1 aromatic heterocycles. The maximum atomic E-state index is 9.03. The summed E-state index contributed by atoms with van der Waals surface area (Å²) in [5, 5.41) is 9.03. The minimum Gasteiger partial charge on any atom is -0.392 e. The van der Waals surface area contributed by atoms with Crippen LogP contribution in [0.4, 0.5) is 0 Å². The maximum Gasteiger partial charge on any atom is 0.0682 e. The maximum absolute atomic E-state index is 9.03. The molecule has 88 valence electrons. The molecule has 2 aromatic rings. The minimum absolute atomic E-state index is 0.0780. The van der Waals surface area contributed by atoms with Crippen molar-refractivity contribution in [3.63, 3.8) is 0 Å². The van der Waals surface area contributed by atoms with Crippen molar-refractivity contribution < 1.29 is 5.11 Å². The second-order valence-corrected chi connectivity index (χ2v) is 4.51. The van der Waals surface area contributed by atoms with E-state index in [1.807, 2.05) is 42.5 Å². The molecule has 4 heteroatoms. The number of hydrogen-bond donors (Lipinski definition) is 2. The Morgan fingerprint density at radius 2 is 2.12 bits per heavy atom. The summed E-state index contributed by atoms with van der Waals surface area (Å²) in [7, 11) is 0. The summed E-state index contributed by atoms with van der Waals surface area (Å²) in [5.41, 5.74) is 1.94. The minimum atomic E-state index is 0.0780. The molecule has 0 aliphatic heterocycles. The van der Waals surface area contributed by atoms with Crippen LogP contribution in [0.3, 0.4) is 0 Å². The topological polar surface area (TPSA) is 45.1 Å². The molecular weight excluding hydrogens is 232 g/mol. The Bertz CT molecular complexity index is 462. The largest absolute Gasteiger partial charge is 0.392 e. The second kappa shape index (κ2) is 6.39. The van der Waals surface area contributed by atoms with Crippen LogP contribution in [0.25, 0.3) is 0 Å². The van der Waals surface area contributed by atoms with Crippen LogP contribution < -0.4 is 4.72 Å². The molecule has 0 radical (unpaired) electrons. The van der Waals surface area contributed by atoms with Gasteiger partial charge < -0.3 is 5.11 Å². The van der Waals surface area contributed by atoms with E-state index >= 15 is 0 Å². The molecule has 1 heterocycles. The number of nitrogens with zero attached hydrogens (tertiary/aromatic N) is 1. The van der Waals surface area contributed by atoms with Crippen LogP contribution in [-0.4, -0.2) is 10.1 Å². The van der Waals surface area contributed by atoms with E-state index in [0.717, 1.165) is 22.7 Å². The number of aliphatic hydroxyl groups excluding tert-OH is 1. The molecule has 1 aromatic carbocycles. The van der Waals surface area contributed by atoms with E-state index < -0.39 is 0 Å². The lowest BCUT2D eigenvalue weighted by Crippen LogP contribution is -2.04. The summed E-state index contributed by atoms with van der Waals surface area (Å²) in [5.74, 6) is 0. The van der Waals surface area contributed by atoms with Crippen molar-refractivity contribution in [2.24, 2.45) is 0 Å². The first-order valence-corrected chi connectivity index (χ1v) is 6.19. The van der Waals surface area contributed by atoms with Gasteiger partial charge in [0.1, 0.15) is 0 Å². The third-order valence-corrected chi connectivity index (χ3v) is 3.03. The van der Waals surface area contributed by atoms with Crippen LogP contribution in [0, 0.1) is 0 Å². The molecule has 17 heavy (non-hydrogen) atoms. The third-order valence-electron chi connectivity index (χ3n) is 2.25. The first-order chi connectivity index (χ1) is 8.38. The summed E-state index contributed by atoms with van der Waals surface area (Å²) in [6.45, 7) is 0.795. The van der Waals surface area contributed by atoms with Gasteiger partial charge in [0.05, 0.1) is 12.3 Å². The van der Waals surface area contributed by atoms with E-state index in [1.54, 1.807) is 18.1 Å². The van der Waals surface area contributed by atoms with Gasteiger partial charge in [-0.25, -0.2) is 0 Å². The van der Waals surface area contributed by atoms with E-state index in [9.17, 15) is 0 Å². The van der Waals surface area contributed by atoms with Crippen molar-refractivity contribution in [2.45, 2.75) is 18.0 Å². The zero-order chi connectivity index (χ0) is 11.9. The molecule has 0 saturated heterocycles. The quantitative estimate of drug-likeness (QED) is 0.795. The number of hydrogen-bond acceptors (Lipinski definition) is 4. The molecule has 2 rings (SSSR count). The van der Waals surface area contributed by atoms with Crippen LogP contribution in [0.2, 0.25) is 0 Å². The van der Waals surface area contributed by atoms with Gasteiger partial charge in [0, 0.05) is 17.6 Å². The molecule has 0 unspecified atom stereocenters. The van der Waals surface area contributed by atoms with Crippen molar-refractivity contribution in [3.05, 3.63) is 59.9 Å². The summed E-state index contributed by atoms with van der Waals surface area (Å²) < 4.78 is 3.24.